The average Bonchev–Trinajstić information content (AvgIpc) is 3.14. The monoisotopic (exact) mass is 411 g/mol. The number of hydrogen-bond acceptors (Lipinski definition) is 5. The van der Waals surface area contributed by atoms with Crippen molar-refractivity contribution in [1.29, 1.82) is 0 Å². The Balaban J connectivity index is 1.67. The van der Waals surface area contributed by atoms with E-state index in [4.69, 9.17) is 20.9 Å². The largest absolute Gasteiger partial charge is 0.381 e. The minimum atomic E-state index is -0.237. The number of halogens is 1. The van der Waals surface area contributed by atoms with Crippen LogP contribution in [-0.2, 0) is 4.74 Å². The molecule has 1 amide bonds. The number of aromatic nitrogens is 2. The molecule has 1 aliphatic heterocycles. The van der Waals surface area contributed by atoms with Crippen molar-refractivity contribution < 1.29 is 14.1 Å². The number of aryl methyl sites for hydroxylation is 1. The number of pyridine rings is 1. The van der Waals surface area contributed by atoms with Gasteiger partial charge in [-0.1, -0.05) is 41.0 Å². The van der Waals surface area contributed by atoms with E-state index in [0.717, 1.165) is 18.4 Å². The zero-order valence-corrected chi connectivity index (χ0v) is 16.9. The van der Waals surface area contributed by atoms with E-state index in [-0.39, 0.29) is 17.9 Å². The van der Waals surface area contributed by atoms with E-state index >= 15 is 0 Å². The Morgan fingerprint density at radius 1 is 1.21 bits per heavy atom. The standard InChI is InChI=1S/C22H22ClN3O3/c1-14-19(21(26-29-14)17-6-2-3-7-18(17)23)22(27)25-20(15-8-11-28-12-9-15)16-5-4-10-24-13-16/h2-7,10,13,15,20H,8-9,11-12H2,1H3,(H,25,27). The molecule has 1 atom stereocenters. The van der Waals surface area contributed by atoms with E-state index < -0.39 is 0 Å². The predicted molar refractivity (Wildman–Crippen MR) is 110 cm³/mol. The fourth-order valence-electron chi connectivity index (χ4n) is 3.77. The van der Waals surface area contributed by atoms with Crippen LogP contribution < -0.4 is 5.32 Å². The summed E-state index contributed by atoms with van der Waals surface area (Å²) in [6.07, 6.45) is 5.28. The second-order valence-corrected chi connectivity index (χ2v) is 7.54. The number of nitrogens with zero attached hydrogens (tertiary/aromatic N) is 2. The van der Waals surface area contributed by atoms with E-state index in [1.165, 1.54) is 0 Å². The molecule has 1 fully saturated rings. The first-order chi connectivity index (χ1) is 14.1. The molecule has 0 aliphatic carbocycles. The second-order valence-electron chi connectivity index (χ2n) is 7.13. The molecule has 0 spiro atoms. The number of rotatable bonds is 5. The molecule has 1 aromatic carbocycles. The first-order valence-corrected chi connectivity index (χ1v) is 10.0. The molecule has 4 rings (SSSR count). The summed E-state index contributed by atoms with van der Waals surface area (Å²) >= 11 is 6.33. The fraction of sp³-hybridized carbons (Fsp3) is 0.318. The Hall–Kier alpha value is -2.70. The Labute approximate surface area is 174 Å². The van der Waals surface area contributed by atoms with Gasteiger partial charge in [-0.3, -0.25) is 9.78 Å². The summed E-state index contributed by atoms with van der Waals surface area (Å²) in [6, 6.07) is 11.0. The third-order valence-corrected chi connectivity index (χ3v) is 5.62. The summed E-state index contributed by atoms with van der Waals surface area (Å²) in [5, 5.41) is 7.82. The molecule has 3 heterocycles. The average molecular weight is 412 g/mol. The third-order valence-electron chi connectivity index (χ3n) is 5.29. The van der Waals surface area contributed by atoms with Crippen molar-refractivity contribution in [3.63, 3.8) is 0 Å². The van der Waals surface area contributed by atoms with Crippen LogP contribution in [0.4, 0.5) is 0 Å². The lowest BCUT2D eigenvalue weighted by molar-refractivity contribution is 0.0513. The van der Waals surface area contributed by atoms with Crippen LogP contribution in [0.5, 0.6) is 0 Å². The number of ether oxygens (including phenoxy) is 1. The highest BCUT2D eigenvalue weighted by atomic mass is 35.5. The van der Waals surface area contributed by atoms with Gasteiger partial charge in [0, 0.05) is 31.2 Å². The number of carbonyl (C=O) groups is 1. The quantitative estimate of drug-likeness (QED) is 0.664. The van der Waals surface area contributed by atoms with Crippen LogP contribution in [0.25, 0.3) is 11.3 Å². The molecular weight excluding hydrogens is 390 g/mol. The van der Waals surface area contributed by atoms with Crippen molar-refractivity contribution >= 4 is 17.5 Å². The minimum absolute atomic E-state index is 0.173. The number of carbonyl (C=O) groups excluding carboxylic acids is 1. The molecule has 0 bridgehead atoms. The van der Waals surface area contributed by atoms with Gasteiger partial charge in [-0.15, -0.1) is 0 Å². The maximum Gasteiger partial charge on any atom is 0.257 e. The molecule has 150 valence electrons. The summed E-state index contributed by atoms with van der Waals surface area (Å²) in [4.78, 5) is 17.6. The van der Waals surface area contributed by atoms with Gasteiger partial charge in [-0.05, 0) is 43.4 Å². The Kier molecular flexibility index (Phi) is 5.92. The lowest BCUT2D eigenvalue weighted by Gasteiger charge is -2.31. The molecule has 1 aliphatic rings. The second kappa shape index (κ2) is 8.76. The lowest BCUT2D eigenvalue weighted by atomic mass is 9.87. The van der Waals surface area contributed by atoms with Gasteiger partial charge in [-0.2, -0.15) is 0 Å². The molecule has 0 saturated carbocycles. The van der Waals surface area contributed by atoms with Crippen molar-refractivity contribution in [2.45, 2.75) is 25.8 Å². The fourth-order valence-corrected chi connectivity index (χ4v) is 4.00. The van der Waals surface area contributed by atoms with Gasteiger partial charge in [0.15, 0.2) is 0 Å². The zero-order chi connectivity index (χ0) is 20.2. The van der Waals surface area contributed by atoms with Gasteiger partial charge >= 0.3 is 0 Å². The predicted octanol–water partition coefficient (Wildman–Crippen LogP) is 4.60. The smallest absolute Gasteiger partial charge is 0.257 e. The molecule has 0 radical (unpaired) electrons. The minimum Gasteiger partial charge on any atom is -0.381 e. The van der Waals surface area contributed by atoms with Crippen LogP contribution in [0.2, 0.25) is 5.02 Å². The van der Waals surface area contributed by atoms with Crippen LogP contribution in [0.1, 0.15) is 40.6 Å². The maximum atomic E-state index is 13.4. The zero-order valence-electron chi connectivity index (χ0n) is 16.1. The molecule has 6 nitrogen and oxygen atoms in total. The number of amides is 1. The van der Waals surface area contributed by atoms with E-state index in [2.05, 4.69) is 15.5 Å². The normalized spacial score (nSPS) is 15.8. The molecule has 2 aromatic heterocycles. The van der Waals surface area contributed by atoms with Gasteiger partial charge in [0.05, 0.1) is 11.1 Å². The Bertz CT molecular complexity index is 984. The third kappa shape index (κ3) is 4.18. The van der Waals surface area contributed by atoms with E-state index in [1.54, 1.807) is 25.4 Å². The number of nitrogens with one attached hydrogen (secondary N) is 1. The molecule has 1 saturated heterocycles. The molecule has 1 N–H and O–H groups in total. The van der Waals surface area contributed by atoms with Crippen molar-refractivity contribution in [2.75, 3.05) is 13.2 Å². The van der Waals surface area contributed by atoms with Gasteiger partial charge in [0.2, 0.25) is 0 Å². The van der Waals surface area contributed by atoms with Crippen LogP contribution in [0.3, 0.4) is 0 Å². The van der Waals surface area contributed by atoms with Crippen molar-refractivity contribution in [1.82, 2.24) is 15.5 Å². The molecule has 7 heteroatoms. The first kappa shape index (κ1) is 19.6. The van der Waals surface area contributed by atoms with Crippen molar-refractivity contribution in [3.8, 4) is 11.3 Å². The van der Waals surface area contributed by atoms with Gasteiger partial charge in [0.1, 0.15) is 17.0 Å². The maximum absolute atomic E-state index is 13.4. The van der Waals surface area contributed by atoms with Gasteiger partial charge < -0.3 is 14.6 Å². The highest BCUT2D eigenvalue weighted by molar-refractivity contribution is 6.33. The summed E-state index contributed by atoms with van der Waals surface area (Å²) in [5.41, 5.74) is 2.49. The SMILES string of the molecule is Cc1onc(-c2ccccc2Cl)c1C(=O)NC(c1cccnc1)C1CCOCC1. The molecular formula is C22H22ClN3O3. The molecule has 1 unspecified atom stereocenters. The van der Waals surface area contributed by atoms with Crippen LogP contribution in [0, 0.1) is 12.8 Å². The molecule has 3 aromatic rings. The summed E-state index contributed by atoms with van der Waals surface area (Å²) in [7, 11) is 0. The Morgan fingerprint density at radius 3 is 2.72 bits per heavy atom. The highest BCUT2D eigenvalue weighted by Crippen LogP contribution is 2.33. The Morgan fingerprint density at radius 2 is 2.00 bits per heavy atom. The summed E-state index contributed by atoms with van der Waals surface area (Å²) in [5.74, 6) is 0.481. The van der Waals surface area contributed by atoms with E-state index in [1.807, 2.05) is 30.3 Å². The number of hydrogen-bond donors (Lipinski definition) is 1. The summed E-state index contributed by atoms with van der Waals surface area (Å²) < 4.78 is 10.9. The van der Waals surface area contributed by atoms with Gasteiger partial charge in [-0.25, -0.2) is 0 Å². The van der Waals surface area contributed by atoms with Crippen molar-refractivity contribution in [2.24, 2.45) is 5.92 Å². The number of benzene rings is 1. The van der Waals surface area contributed by atoms with Crippen molar-refractivity contribution in [3.05, 3.63) is 70.7 Å². The highest BCUT2D eigenvalue weighted by Gasteiger charge is 2.30. The van der Waals surface area contributed by atoms with Gasteiger partial charge in [0.25, 0.3) is 5.91 Å². The van der Waals surface area contributed by atoms with E-state index in [9.17, 15) is 4.79 Å². The molecule has 29 heavy (non-hydrogen) atoms. The topological polar surface area (TPSA) is 77.3 Å². The van der Waals surface area contributed by atoms with E-state index in [0.29, 0.717) is 40.8 Å². The van der Waals surface area contributed by atoms with Crippen LogP contribution in [-0.4, -0.2) is 29.3 Å². The van der Waals surface area contributed by atoms with Crippen LogP contribution in [0.15, 0.2) is 53.3 Å². The summed E-state index contributed by atoms with van der Waals surface area (Å²) in [6.45, 7) is 3.11. The lowest BCUT2D eigenvalue weighted by Crippen LogP contribution is -2.36. The first-order valence-electron chi connectivity index (χ1n) is 9.65. The van der Waals surface area contributed by atoms with Crippen LogP contribution >= 0.6 is 11.6 Å².